The average Bonchev–Trinajstić information content (AvgIpc) is 2.36. The molecule has 0 unspecified atom stereocenters. The second-order valence-electron chi connectivity index (χ2n) is 4.56. The van der Waals surface area contributed by atoms with Crippen LogP contribution in [0.4, 0.5) is 0 Å². The van der Waals surface area contributed by atoms with E-state index in [1.54, 1.807) is 12.2 Å². The average molecular weight is 278 g/mol. The molecule has 0 aromatic heterocycles. The normalized spacial score (nSPS) is 21.6. The zero-order chi connectivity index (χ0) is 14.5. The predicted octanol–water partition coefficient (Wildman–Crippen LogP) is 1.35. The molecular formula is C14H14O6. The van der Waals surface area contributed by atoms with Gasteiger partial charge in [-0.1, -0.05) is 12.2 Å². The molecule has 0 aliphatic carbocycles. The molecule has 2 rings (SSSR count). The van der Waals surface area contributed by atoms with E-state index in [2.05, 4.69) is 9.47 Å². The van der Waals surface area contributed by atoms with E-state index in [0.29, 0.717) is 12.8 Å². The smallest absolute Gasteiger partial charge is 0.317 e. The number of carbonyl (C=O) groups is 4. The van der Waals surface area contributed by atoms with E-state index in [0.717, 1.165) is 11.1 Å². The first-order valence-corrected chi connectivity index (χ1v) is 6.40. The summed E-state index contributed by atoms with van der Waals surface area (Å²) in [5.41, 5.74) is 1.63. The molecule has 6 nitrogen and oxygen atoms in total. The predicted molar refractivity (Wildman–Crippen MR) is 66.1 cm³/mol. The fourth-order valence-electron chi connectivity index (χ4n) is 2.11. The van der Waals surface area contributed by atoms with Crippen LogP contribution in [0.15, 0.2) is 23.3 Å². The summed E-state index contributed by atoms with van der Waals surface area (Å²) < 4.78 is 9.07. The molecule has 0 amide bonds. The highest BCUT2D eigenvalue weighted by molar-refractivity contribution is 5.88. The molecule has 0 saturated carbocycles. The lowest BCUT2D eigenvalue weighted by Gasteiger charge is -2.16. The van der Waals surface area contributed by atoms with Crippen molar-refractivity contribution in [3.63, 3.8) is 0 Å². The molecule has 0 fully saturated rings. The summed E-state index contributed by atoms with van der Waals surface area (Å²) in [5, 5.41) is 0. The Morgan fingerprint density at radius 2 is 1.00 bits per heavy atom. The Kier molecular flexibility index (Phi) is 4.45. The van der Waals surface area contributed by atoms with Gasteiger partial charge in [-0.3, -0.25) is 19.2 Å². The summed E-state index contributed by atoms with van der Waals surface area (Å²) in [6.07, 6.45) is 4.48. The third-order valence-corrected chi connectivity index (χ3v) is 3.09. The lowest BCUT2D eigenvalue weighted by atomic mass is 9.94. The van der Waals surface area contributed by atoms with Crippen molar-refractivity contribution in [2.75, 3.05) is 0 Å². The number of carbonyl (C=O) groups excluding carboxylic acids is 4. The summed E-state index contributed by atoms with van der Waals surface area (Å²) >= 11 is 0. The van der Waals surface area contributed by atoms with E-state index in [4.69, 9.17) is 0 Å². The third-order valence-electron chi connectivity index (χ3n) is 3.09. The lowest BCUT2D eigenvalue weighted by Crippen LogP contribution is -2.16. The van der Waals surface area contributed by atoms with Crippen LogP contribution >= 0.6 is 0 Å². The molecular weight excluding hydrogens is 264 g/mol. The molecule has 2 heterocycles. The minimum absolute atomic E-state index is 0.0107. The quantitative estimate of drug-likeness (QED) is 0.531. The molecule has 0 aromatic carbocycles. The molecule has 0 radical (unpaired) electrons. The summed E-state index contributed by atoms with van der Waals surface area (Å²) in [4.78, 5) is 45.1. The first-order chi connectivity index (χ1) is 9.54. The van der Waals surface area contributed by atoms with Gasteiger partial charge in [0.15, 0.2) is 0 Å². The van der Waals surface area contributed by atoms with Crippen LogP contribution in [0.2, 0.25) is 0 Å². The van der Waals surface area contributed by atoms with E-state index in [9.17, 15) is 19.2 Å². The van der Waals surface area contributed by atoms with Crippen molar-refractivity contribution in [1.82, 2.24) is 0 Å². The Morgan fingerprint density at radius 1 is 0.600 bits per heavy atom. The SMILES string of the molecule is O=C1CC=C(C2=CCC(=O)OC(=O)CC2)CCC(=O)O1. The van der Waals surface area contributed by atoms with Gasteiger partial charge in [-0.05, 0) is 24.0 Å². The second kappa shape index (κ2) is 6.27. The van der Waals surface area contributed by atoms with E-state index < -0.39 is 23.9 Å². The van der Waals surface area contributed by atoms with Crippen LogP contribution in [0.5, 0.6) is 0 Å². The van der Waals surface area contributed by atoms with Gasteiger partial charge in [0.2, 0.25) is 0 Å². The molecule has 0 aromatic rings. The highest BCUT2D eigenvalue weighted by Gasteiger charge is 2.20. The van der Waals surface area contributed by atoms with E-state index in [-0.39, 0.29) is 25.7 Å². The molecule has 0 spiro atoms. The van der Waals surface area contributed by atoms with E-state index >= 15 is 0 Å². The van der Waals surface area contributed by atoms with Gasteiger partial charge in [-0.2, -0.15) is 0 Å². The van der Waals surface area contributed by atoms with Crippen LogP contribution in [0.1, 0.15) is 38.5 Å². The van der Waals surface area contributed by atoms with Crippen LogP contribution in [-0.4, -0.2) is 23.9 Å². The van der Waals surface area contributed by atoms with Crippen LogP contribution in [0.3, 0.4) is 0 Å². The van der Waals surface area contributed by atoms with Crippen LogP contribution in [0, 0.1) is 0 Å². The van der Waals surface area contributed by atoms with Gasteiger partial charge in [-0.15, -0.1) is 0 Å². The molecule has 20 heavy (non-hydrogen) atoms. The largest absolute Gasteiger partial charge is 0.393 e. The van der Waals surface area contributed by atoms with Gasteiger partial charge in [0.1, 0.15) is 0 Å². The Bertz CT molecular complexity index is 478. The highest BCUT2D eigenvalue weighted by Crippen LogP contribution is 2.25. The highest BCUT2D eigenvalue weighted by atomic mass is 16.6. The molecule has 2 aliphatic rings. The van der Waals surface area contributed by atoms with Crippen molar-refractivity contribution in [1.29, 1.82) is 0 Å². The number of hydrogen-bond acceptors (Lipinski definition) is 6. The molecule has 0 atom stereocenters. The Morgan fingerprint density at radius 3 is 1.40 bits per heavy atom. The molecule has 0 saturated heterocycles. The van der Waals surface area contributed by atoms with Gasteiger partial charge in [-0.25, -0.2) is 0 Å². The van der Waals surface area contributed by atoms with E-state index in [1.165, 1.54) is 0 Å². The molecule has 0 N–H and O–H groups in total. The minimum atomic E-state index is -0.589. The first kappa shape index (κ1) is 14.2. The standard InChI is InChI=1S/C14H14O6/c15-11-5-1-9(2-6-12(16)19-11)10-3-7-13(17)20-14(18)8-4-10/h1,3H,2,4-8H2. The monoisotopic (exact) mass is 278 g/mol. The van der Waals surface area contributed by atoms with Gasteiger partial charge in [0.05, 0.1) is 25.7 Å². The maximum Gasteiger partial charge on any atom is 0.317 e. The summed E-state index contributed by atoms with van der Waals surface area (Å²) in [5.74, 6) is -2.28. The summed E-state index contributed by atoms with van der Waals surface area (Å²) in [6, 6.07) is 0. The number of hydrogen-bond donors (Lipinski definition) is 0. The fourth-order valence-corrected chi connectivity index (χ4v) is 2.11. The lowest BCUT2D eigenvalue weighted by molar-refractivity contribution is -0.161. The number of cyclic esters (lactones) is 4. The fraction of sp³-hybridized carbons (Fsp3) is 0.429. The zero-order valence-electron chi connectivity index (χ0n) is 10.8. The van der Waals surface area contributed by atoms with Crippen molar-refractivity contribution >= 4 is 23.9 Å². The summed E-state index contributed by atoms with van der Waals surface area (Å²) in [7, 11) is 0. The van der Waals surface area contributed by atoms with E-state index in [1.807, 2.05) is 0 Å². The Balaban J connectivity index is 2.18. The summed E-state index contributed by atoms with van der Waals surface area (Å²) in [6.45, 7) is 0. The zero-order valence-corrected chi connectivity index (χ0v) is 10.8. The second-order valence-corrected chi connectivity index (χ2v) is 4.56. The maximum atomic E-state index is 11.3. The Hall–Kier alpha value is -2.24. The molecule has 6 heteroatoms. The van der Waals surface area contributed by atoms with Crippen molar-refractivity contribution < 1.29 is 28.7 Å². The number of ether oxygens (including phenoxy) is 2. The van der Waals surface area contributed by atoms with Crippen molar-refractivity contribution in [2.24, 2.45) is 0 Å². The third kappa shape index (κ3) is 3.88. The van der Waals surface area contributed by atoms with Crippen molar-refractivity contribution in [2.45, 2.75) is 38.5 Å². The van der Waals surface area contributed by atoms with Gasteiger partial charge < -0.3 is 9.47 Å². The molecule has 106 valence electrons. The van der Waals surface area contributed by atoms with Crippen molar-refractivity contribution in [3.05, 3.63) is 23.3 Å². The molecule has 2 aliphatic heterocycles. The number of rotatable bonds is 1. The van der Waals surface area contributed by atoms with Crippen molar-refractivity contribution in [3.8, 4) is 0 Å². The van der Waals surface area contributed by atoms with Crippen LogP contribution < -0.4 is 0 Å². The Labute approximate surface area is 115 Å². The molecule has 0 bridgehead atoms. The van der Waals surface area contributed by atoms with Crippen LogP contribution in [-0.2, 0) is 28.7 Å². The van der Waals surface area contributed by atoms with Crippen LogP contribution in [0.25, 0.3) is 0 Å². The minimum Gasteiger partial charge on any atom is -0.393 e. The number of allylic oxidation sites excluding steroid dienone is 2. The first-order valence-electron chi connectivity index (χ1n) is 6.40. The van der Waals surface area contributed by atoms with Gasteiger partial charge in [0.25, 0.3) is 0 Å². The number of esters is 4. The van der Waals surface area contributed by atoms with Gasteiger partial charge >= 0.3 is 23.9 Å². The van der Waals surface area contributed by atoms with Gasteiger partial charge in [0, 0.05) is 0 Å². The topological polar surface area (TPSA) is 86.7 Å². The maximum absolute atomic E-state index is 11.3.